The number of ether oxygens (including phenoxy) is 2. The maximum atomic E-state index is 13.2. The van der Waals surface area contributed by atoms with Crippen molar-refractivity contribution in [3.8, 4) is 22.8 Å². The van der Waals surface area contributed by atoms with Gasteiger partial charge in [0.15, 0.2) is 11.5 Å². The summed E-state index contributed by atoms with van der Waals surface area (Å²) in [6.07, 6.45) is -2.73. The maximum Gasteiger partial charge on any atom is 0.416 e. The summed E-state index contributed by atoms with van der Waals surface area (Å²) < 4.78 is 52.5. The van der Waals surface area contributed by atoms with Crippen LogP contribution in [-0.2, 0) is 13.2 Å². The van der Waals surface area contributed by atoms with Gasteiger partial charge >= 0.3 is 6.18 Å². The number of pyridine rings is 1. The van der Waals surface area contributed by atoms with Gasteiger partial charge in [-0.25, -0.2) is 4.98 Å². The van der Waals surface area contributed by atoms with E-state index in [1.807, 2.05) is 41.9 Å². The molecule has 0 amide bonds. The fraction of sp³-hybridized carbons (Fsp3) is 0.174. The molecule has 1 aliphatic rings. The molecule has 1 aliphatic heterocycles. The predicted octanol–water partition coefficient (Wildman–Crippen LogP) is 5.77. The van der Waals surface area contributed by atoms with E-state index in [0.717, 1.165) is 28.7 Å². The highest BCUT2D eigenvalue weighted by Gasteiger charge is 2.30. The summed E-state index contributed by atoms with van der Waals surface area (Å²) in [4.78, 5) is 4.44. The van der Waals surface area contributed by atoms with Crippen LogP contribution in [0.2, 0.25) is 0 Å². The van der Waals surface area contributed by atoms with Crippen LogP contribution in [0.1, 0.15) is 5.56 Å². The fourth-order valence-electron chi connectivity index (χ4n) is 3.75. The summed E-state index contributed by atoms with van der Waals surface area (Å²) in [6.45, 7) is 1.01. The molecule has 5 nitrogen and oxygen atoms in total. The smallest absolute Gasteiger partial charge is 0.416 e. The molecule has 0 radical (unpaired) electrons. The van der Waals surface area contributed by atoms with Gasteiger partial charge in [-0.05, 0) is 42.0 Å². The lowest BCUT2D eigenvalue weighted by Gasteiger charge is -2.19. The highest BCUT2D eigenvalue weighted by molar-refractivity contribution is 5.96. The molecular formula is C23H18F3N3O2. The number of alkyl halides is 3. The summed E-state index contributed by atoms with van der Waals surface area (Å²) in [5.41, 5.74) is 2.09. The molecule has 0 aliphatic carbocycles. The Morgan fingerprint density at radius 3 is 2.58 bits per heavy atom. The van der Waals surface area contributed by atoms with E-state index in [1.54, 1.807) is 12.3 Å². The zero-order chi connectivity index (χ0) is 21.6. The Hall–Kier alpha value is -3.68. The maximum absolute atomic E-state index is 13.2. The molecule has 2 aromatic heterocycles. The van der Waals surface area contributed by atoms with Crippen LogP contribution in [0.4, 0.5) is 24.7 Å². The van der Waals surface area contributed by atoms with Gasteiger partial charge < -0.3 is 19.4 Å². The summed E-state index contributed by atoms with van der Waals surface area (Å²) >= 11 is 0. The van der Waals surface area contributed by atoms with Crippen molar-refractivity contribution >= 4 is 22.4 Å². The molecule has 0 fully saturated rings. The minimum atomic E-state index is -4.40. The molecule has 0 bridgehead atoms. The lowest BCUT2D eigenvalue weighted by Crippen LogP contribution is -2.15. The fourth-order valence-corrected chi connectivity index (χ4v) is 3.75. The van der Waals surface area contributed by atoms with Gasteiger partial charge in [0.05, 0.1) is 11.1 Å². The molecule has 158 valence electrons. The summed E-state index contributed by atoms with van der Waals surface area (Å²) in [5, 5.41) is 4.08. The van der Waals surface area contributed by atoms with Crippen molar-refractivity contribution in [3.63, 3.8) is 0 Å². The molecule has 31 heavy (non-hydrogen) atoms. The Morgan fingerprint density at radius 1 is 0.968 bits per heavy atom. The molecule has 0 saturated heterocycles. The number of anilines is 2. The zero-order valence-electron chi connectivity index (χ0n) is 16.5. The first kappa shape index (κ1) is 19.3. The van der Waals surface area contributed by atoms with E-state index in [2.05, 4.69) is 10.3 Å². The van der Waals surface area contributed by atoms with E-state index < -0.39 is 11.7 Å². The quantitative estimate of drug-likeness (QED) is 0.453. The zero-order valence-corrected chi connectivity index (χ0v) is 16.5. The number of rotatable bonds is 3. The predicted molar refractivity (Wildman–Crippen MR) is 112 cm³/mol. The number of benzene rings is 2. The van der Waals surface area contributed by atoms with Crippen LogP contribution < -0.4 is 14.8 Å². The van der Waals surface area contributed by atoms with E-state index >= 15 is 0 Å². The first-order valence-electron chi connectivity index (χ1n) is 9.69. The average Bonchev–Trinajstić information content (AvgIpc) is 3.11. The minimum absolute atomic E-state index is 0.485. The Balaban J connectivity index is 1.55. The molecule has 1 N–H and O–H groups in total. The van der Waals surface area contributed by atoms with Crippen molar-refractivity contribution in [2.45, 2.75) is 6.18 Å². The molecule has 0 saturated carbocycles. The molecule has 5 rings (SSSR count). The standard InChI is InChI=1S/C23H18F3N3O2/c1-29-18-7-8-27-22(28-16-5-6-20-21(12-16)31-10-9-30-20)17(18)13-19(29)14-3-2-4-15(11-14)23(24,25)26/h2-8,11-13H,9-10H2,1H3,(H,27,28). The van der Waals surface area contributed by atoms with Gasteiger partial charge in [-0.15, -0.1) is 0 Å². The van der Waals surface area contributed by atoms with E-state index in [9.17, 15) is 13.2 Å². The second-order valence-electron chi connectivity index (χ2n) is 7.24. The van der Waals surface area contributed by atoms with Crippen molar-refractivity contribution < 1.29 is 22.6 Å². The minimum Gasteiger partial charge on any atom is -0.486 e. The summed E-state index contributed by atoms with van der Waals surface area (Å²) in [6, 6.07) is 14.5. The van der Waals surface area contributed by atoms with Crippen molar-refractivity contribution in [1.82, 2.24) is 9.55 Å². The lowest BCUT2D eigenvalue weighted by atomic mass is 10.1. The number of aryl methyl sites for hydroxylation is 1. The topological polar surface area (TPSA) is 48.3 Å². The molecular weight excluding hydrogens is 407 g/mol. The van der Waals surface area contributed by atoms with Crippen LogP contribution in [0.15, 0.2) is 60.8 Å². The third-order valence-electron chi connectivity index (χ3n) is 5.26. The number of nitrogens with one attached hydrogen (secondary N) is 1. The highest BCUT2D eigenvalue weighted by Crippen LogP contribution is 2.37. The molecule has 4 aromatic rings. The van der Waals surface area contributed by atoms with Gasteiger partial charge in [-0.3, -0.25) is 0 Å². The van der Waals surface area contributed by atoms with Gasteiger partial charge in [0.25, 0.3) is 0 Å². The second-order valence-corrected chi connectivity index (χ2v) is 7.24. The van der Waals surface area contributed by atoms with E-state index in [0.29, 0.717) is 41.8 Å². The Bertz CT molecular complexity index is 1280. The largest absolute Gasteiger partial charge is 0.486 e. The van der Waals surface area contributed by atoms with Crippen LogP contribution in [0, 0.1) is 0 Å². The van der Waals surface area contributed by atoms with Crippen molar-refractivity contribution in [3.05, 3.63) is 66.4 Å². The van der Waals surface area contributed by atoms with Gasteiger partial charge in [0.2, 0.25) is 0 Å². The van der Waals surface area contributed by atoms with Gasteiger partial charge in [-0.1, -0.05) is 12.1 Å². The van der Waals surface area contributed by atoms with Crippen molar-refractivity contribution in [2.24, 2.45) is 7.05 Å². The lowest BCUT2D eigenvalue weighted by molar-refractivity contribution is -0.137. The number of nitrogens with zero attached hydrogens (tertiary/aromatic N) is 2. The second kappa shape index (κ2) is 7.23. The Kier molecular flexibility index (Phi) is 4.50. The normalized spacial score (nSPS) is 13.4. The third kappa shape index (κ3) is 3.54. The summed E-state index contributed by atoms with van der Waals surface area (Å²) in [7, 11) is 1.83. The SMILES string of the molecule is Cn1c(-c2cccc(C(F)(F)F)c2)cc2c(Nc3ccc4c(c3)OCCO4)nccc21. The Morgan fingerprint density at radius 2 is 1.77 bits per heavy atom. The molecule has 0 unspecified atom stereocenters. The highest BCUT2D eigenvalue weighted by atomic mass is 19.4. The average molecular weight is 425 g/mol. The summed E-state index contributed by atoms with van der Waals surface area (Å²) in [5.74, 6) is 1.94. The number of aromatic nitrogens is 2. The van der Waals surface area contributed by atoms with Crippen molar-refractivity contribution in [2.75, 3.05) is 18.5 Å². The van der Waals surface area contributed by atoms with E-state index in [1.165, 1.54) is 6.07 Å². The van der Waals surface area contributed by atoms with Crippen LogP contribution >= 0.6 is 0 Å². The Labute approximate surface area is 176 Å². The van der Waals surface area contributed by atoms with Gasteiger partial charge in [0.1, 0.15) is 19.0 Å². The van der Waals surface area contributed by atoms with Crippen LogP contribution in [-0.4, -0.2) is 22.8 Å². The van der Waals surface area contributed by atoms with Crippen molar-refractivity contribution in [1.29, 1.82) is 0 Å². The first-order chi connectivity index (χ1) is 14.9. The molecule has 0 spiro atoms. The number of hydrogen-bond donors (Lipinski definition) is 1. The number of fused-ring (bicyclic) bond motifs is 2. The molecule has 3 heterocycles. The van der Waals surface area contributed by atoms with Crippen LogP contribution in [0.25, 0.3) is 22.2 Å². The molecule has 8 heteroatoms. The van der Waals surface area contributed by atoms with E-state index in [4.69, 9.17) is 9.47 Å². The van der Waals surface area contributed by atoms with Gasteiger partial charge in [-0.2, -0.15) is 13.2 Å². The first-order valence-corrected chi connectivity index (χ1v) is 9.69. The van der Waals surface area contributed by atoms with Crippen LogP contribution in [0.3, 0.4) is 0 Å². The molecule has 2 aromatic carbocycles. The number of hydrogen-bond acceptors (Lipinski definition) is 4. The van der Waals surface area contributed by atoms with Gasteiger partial charge in [0, 0.05) is 36.1 Å². The monoisotopic (exact) mass is 425 g/mol. The van der Waals surface area contributed by atoms with Crippen LogP contribution in [0.5, 0.6) is 11.5 Å². The third-order valence-corrected chi connectivity index (χ3v) is 5.26. The van der Waals surface area contributed by atoms with E-state index in [-0.39, 0.29) is 0 Å². The molecule has 0 atom stereocenters. The number of halogens is 3.